The third-order valence-corrected chi connectivity index (χ3v) is 6.81. The highest BCUT2D eigenvalue weighted by atomic mass is 16.1. The summed E-state index contributed by atoms with van der Waals surface area (Å²) in [7, 11) is 0. The zero-order valence-electron chi connectivity index (χ0n) is 19.9. The summed E-state index contributed by atoms with van der Waals surface area (Å²) in [6.07, 6.45) is 3.40. The lowest BCUT2D eigenvalue weighted by atomic mass is 9.80. The van der Waals surface area contributed by atoms with Crippen LogP contribution in [0.5, 0.6) is 0 Å². The second-order valence-corrected chi connectivity index (χ2v) is 10.2. The lowest BCUT2D eigenvalue weighted by Gasteiger charge is -2.30. The van der Waals surface area contributed by atoms with Crippen molar-refractivity contribution in [2.45, 2.75) is 45.1 Å². The van der Waals surface area contributed by atoms with Gasteiger partial charge in [-0.2, -0.15) is 0 Å². The van der Waals surface area contributed by atoms with Crippen molar-refractivity contribution in [1.29, 1.82) is 0 Å². The molecule has 172 valence electrons. The molecule has 1 heterocycles. The number of nitrogens with one attached hydrogen (secondary N) is 2. The number of fused-ring (bicyclic) bond motifs is 2. The number of anilines is 2. The minimum atomic E-state index is -0.296. The minimum Gasteiger partial charge on any atom is -0.375 e. The lowest BCUT2D eigenvalue weighted by Crippen LogP contribution is -2.31. The average Bonchev–Trinajstić information content (AvgIpc) is 3.00. The molecule has 0 aromatic heterocycles. The first-order chi connectivity index (χ1) is 16.3. The molecule has 0 fully saturated rings. The molecule has 2 atom stereocenters. The molecular formula is C30H30N2O2. The van der Waals surface area contributed by atoms with Crippen LogP contribution in [0.25, 0.3) is 0 Å². The van der Waals surface area contributed by atoms with Gasteiger partial charge in [0.05, 0.1) is 23.3 Å². The Morgan fingerprint density at radius 3 is 2.32 bits per heavy atom. The van der Waals surface area contributed by atoms with Crippen LogP contribution in [-0.4, -0.2) is 11.6 Å². The number of ketones is 2. The summed E-state index contributed by atoms with van der Waals surface area (Å²) in [6, 6.07) is 23.4. The Morgan fingerprint density at radius 1 is 0.882 bits per heavy atom. The van der Waals surface area contributed by atoms with Gasteiger partial charge in [-0.25, -0.2) is 0 Å². The first-order valence-corrected chi connectivity index (χ1v) is 11.9. The molecule has 3 aromatic carbocycles. The lowest BCUT2D eigenvalue weighted by molar-refractivity contribution is -0.122. The molecule has 0 saturated heterocycles. The van der Waals surface area contributed by atoms with E-state index in [9.17, 15) is 9.59 Å². The largest absolute Gasteiger partial charge is 0.375 e. The molecule has 0 amide bonds. The fourth-order valence-corrected chi connectivity index (χ4v) is 4.86. The van der Waals surface area contributed by atoms with E-state index in [1.807, 2.05) is 48.5 Å². The van der Waals surface area contributed by atoms with Crippen molar-refractivity contribution in [1.82, 2.24) is 0 Å². The second-order valence-electron chi connectivity index (χ2n) is 10.2. The summed E-state index contributed by atoms with van der Waals surface area (Å²) >= 11 is 0. The highest BCUT2D eigenvalue weighted by Crippen LogP contribution is 2.42. The van der Waals surface area contributed by atoms with Gasteiger partial charge in [-0.05, 0) is 41.2 Å². The van der Waals surface area contributed by atoms with Gasteiger partial charge in [-0.15, -0.1) is 0 Å². The van der Waals surface area contributed by atoms with Crippen LogP contribution < -0.4 is 10.6 Å². The molecule has 2 aliphatic rings. The number of hydrogen-bond donors (Lipinski definition) is 2. The Kier molecular flexibility index (Phi) is 5.60. The minimum absolute atomic E-state index is 0.0194. The van der Waals surface area contributed by atoms with Crippen LogP contribution in [0, 0.1) is 5.92 Å². The Hall–Kier alpha value is -3.66. The molecule has 3 aromatic rings. The molecule has 0 bridgehead atoms. The number of allylic oxidation sites excluding steroid dienone is 1. The number of hydrogen-bond acceptors (Lipinski definition) is 4. The van der Waals surface area contributed by atoms with E-state index in [2.05, 4.69) is 61.7 Å². The van der Waals surface area contributed by atoms with Crippen LogP contribution in [0.3, 0.4) is 0 Å². The number of benzene rings is 3. The summed E-state index contributed by atoms with van der Waals surface area (Å²) in [5.41, 5.74) is 6.31. The third-order valence-electron chi connectivity index (χ3n) is 6.81. The van der Waals surface area contributed by atoms with Gasteiger partial charge >= 0.3 is 0 Å². The summed E-state index contributed by atoms with van der Waals surface area (Å²) in [5.74, 6) is -0.0836. The van der Waals surface area contributed by atoms with E-state index < -0.39 is 0 Å². The van der Waals surface area contributed by atoms with Gasteiger partial charge in [-0.3, -0.25) is 9.59 Å². The van der Waals surface area contributed by atoms with Crippen molar-refractivity contribution >= 4 is 22.9 Å². The van der Waals surface area contributed by atoms with Gasteiger partial charge in [0.2, 0.25) is 0 Å². The Bertz CT molecular complexity index is 1270. The van der Waals surface area contributed by atoms with Gasteiger partial charge in [0.25, 0.3) is 0 Å². The number of rotatable bonds is 3. The van der Waals surface area contributed by atoms with Gasteiger partial charge in [0.1, 0.15) is 5.78 Å². The molecule has 4 nitrogen and oxygen atoms in total. The molecular weight excluding hydrogens is 420 g/mol. The molecule has 34 heavy (non-hydrogen) atoms. The van der Waals surface area contributed by atoms with Crippen LogP contribution in [0.2, 0.25) is 0 Å². The van der Waals surface area contributed by atoms with Crippen molar-refractivity contribution < 1.29 is 9.59 Å². The highest BCUT2D eigenvalue weighted by molar-refractivity contribution is 6.10. The molecule has 0 saturated carbocycles. The van der Waals surface area contributed by atoms with E-state index in [0.29, 0.717) is 17.5 Å². The first kappa shape index (κ1) is 22.1. The molecule has 0 unspecified atom stereocenters. The summed E-state index contributed by atoms with van der Waals surface area (Å²) in [6.45, 7) is 6.60. The van der Waals surface area contributed by atoms with Gasteiger partial charge in [-0.1, -0.05) is 81.4 Å². The van der Waals surface area contributed by atoms with Crippen LogP contribution >= 0.6 is 0 Å². The van der Waals surface area contributed by atoms with Gasteiger partial charge < -0.3 is 10.6 Å². The number of Topliss-reactive ketones (excluding diaryl/α,β-unsaturated/α-hetero) is 1. The van der Waals surface area contributed by atoms with Crippen LogP contribution in [0.1, 0.15) is 66.7 Å². The van der Waals surface area contributed by atoms with Crippen molar-refractivity contribution in [3.63, 3.8) is 0 Å². The van der Waals surface area contributed by atoms with E-state index in [4.69, 9.17) is 0 Å². The van der Waals surface area contributed by atoms with Gasteiger partial charge in [0.15, 0.2) is 5.78 Å². The Morgan fingerprint density at radius 2 is 1.62 bits per heavy atom. The monoisotopic (exact) mass is 450 g/mol. The maximum atomic E-state index is 13.1. The molecule has 5 rings (SSSR count). The van der Waals surface area contributed by atoms with E-state index in [0.717, 1.165) is 29.1 Å². The summed E-state index contributed by atoms with van der Waals surface area (Å²) in [5, 5.41) is 7.13. The zero-order valence-corrected chi connectivity index (χ0v) is 19.9. The number of carbonyl (C=O) groups excluding carboxylic acids is 2. The first-order valence-electron chi connectivity index (χ1n) is 11.9. The summed E-state index contributed by atoms with van der Waals surface area (Å²) in [4.78, 5) is 26.2. The smallest absolute Gasteiger partial charge is 0.193 e. The average molecular weight is 451 g/mol. The molecule has 4 heteroatoms. The van der Waals surface area contributed by atoms with Crippen molar-refractivity contribution in [2.75, 3.05) is 10.6 Å². The molecule has 1 aliphatic carbocycles. The molecule has 0 spiro atoms. The standard InChI is InChI=1S/C30H30N2O2/c1-30(2,3)22-15-12-19(13-16-22)28-27-24(10-7-11-26(27)33)31-25-18-21(14-17-23(25)32-28)29(34)20-8-5-4-6-9-20/h4-6,8-10,12-18,27-28,31-32H,7,11H2,1-3H3/t27-,28-/m0/s1. The number of carbonyl (C=O) groups is 2. The summed E-state index contributed by atoms with van der Waals surface area (Å²) < 4.78 is 0. The molecule has 0 radical (unpaired) electrons. The molecule has 1 aliphatic heterocycles. The highest BCUT2D eigenvalue weighted by Gasteiger charge is 2.37. The Labute approximate surface area is 201 Å². The van der Waals surface area contributed by atoms with Crippen molar-refractivity contribution in [3.05, 3.63) is 107 Å². The van der Waals surface area contributed by atoms with E-state index >= 15 is 0 Å². The fourth-order valence-electron chi connectivity index (χ4n) is 4.86. The van der Waals surface area contributed by atoms with Gasteiger partial charge in [0, 0.05) is 23.2 Å². The normalized spacial score (nSPS) is 19.6. The van der Waals surface area contributed by atoms with E-state index in [1.54, 1.807) is 0 Å². The quantitative estimate of drug-likeness (QED) is 0.438. The fraction of sp³-hybridized carbons (Fsp3) is 0.267. The predicted octanol–water partition coefficient (Wildman–Crippen LogP) is 6.66. The van der Waals surface area contributed by atoms with E-state index in [1.165, 1.54) is 5.56 Å². The van der Waals surface area contributed by atoms with Crippen molar-refractivity contribution in [2.24, 2.45) is 5.92 Å². The predicted molar refractivity (Wildman–Crippen MR) is 137 cm³/mol. The van der Waals surface area contributed by atoms with Crippen LogP contribution in [0.4, 0.5) is 11.4 Å². The van der Waals surface area contributed by atoms with Crippen LogP contribution in [0.15, 0.2) is 84.6 Å². The van der Waals surface area contributed by atoms with Crippen molar-refractivity contribution in [3.8, 4) is 0 Å². The maximum absolute atomic E-state index is 13.1. The SMILES string of the molecule is CC(C)(C)c1ccc([C@@H]2Nc3ccc(C(=O)c4ccccc4)cc3NC3=CCCC(=O)[C@H]32)cc1. The zero-order chi connectivity index (χ0) is 23.9. The second kappa shape index (κ2) is 8.60. The van der Waals surface area contributed by atoms with Crippen LogP contribution in [-0.2, 0) is 10.2 Å². The van der Waals surface area contributed by atoms with E-state index in [-0.39, 0.29) is 28.9 Å². The Balaban J connectivity index is 1.54. The maximum Gasteiger partial charge on any atom is 0.193 e. The molecule has 2 N–H and O–H groups in total. The topological polar surface area (TPSA) is 58.2 Å². The third kappa shape index (κ3) is 4.16.